The third-order valence-electron chi connectivity index (χ3n) is 5.47. The minimum atomic E-state index is -1.13. The van der Waals surface area contributed by atoms with Crippen LogP contribution in [0.1, 0.15) is 54.3 Å². The number of thiophene rings is 1. The first-order chi connectivity index (χ1) is 14.8. The number of carboxylic acid groups (broad SMARTS) is 1. The van der Waals surface area contributed by atoms with Crippen molar-refractivity contribution in [3.05, 3.63) is 34.7 Å². The van der Waals surface area contributed by atoms with Gasteiger partial charge < -0.3 is 19.5 Å². The fourth-order valence-corrected chi connectivity index (χ4v) is 5.26. The number of anilines is 1. The Morgan fingerprint density at radius 1 is 1.19 bits per heavy atom. The van der Waals surface area contributed by atoms with Crippen LogP contribution in [0.3, 0.4) is 0 Å². The molecular formula is C23H27NO6S. The summed E-state index contributed by atoms with van der Waals surface area (Å²) in [5.41, 5.74) is 2.31. The van der Waals surface area contributed by atoms with Gasteiger partial charge in [0, 0.05) is 29.1 Å². The first-order valence-electron chi connectivity index (χ1n) is 10.3. The third-order valence-corrected chi connectivity index (χ3v) is 6.77. The summed E-state index contributed by atoms with van der Waals surface area (Å²) in [4.78, 5) is 38.6. The van der Waals surface area contributed by atoms with Crippen molar-refractivity contribution in [1.29, 1.82) is 0 Å². The Labute approximate surface area is 185 Å². The average Bonchev–Trinajstić information content (AvgIpc) is 3.08. The van der Waals surface area contributed by atoms with Gasteiger partial charge in [0.1, 0.15) is 5.75 Å². The molecule has 0 spiro atoms. The van der Waals surface area contributed by atoms with Crippen molar-refractivity contribution in [2.45, 2.75) is 52.0 Å². The van der Waals surface area contributed by atoms with Crippen LogP contribution in [0.5, 0.6) is 5.75 Å². The average molecular weight is 446 g/mol. The van der Waals surface area contributed by atoms with Gasteiger partial charge in [-0.05, 0) is 37.5 Å². The van der Waals surface area contributed by atoms with Gasteiger partial charge in [-0.15, -0.1) is 11.3 Å². The molecular weight excluding hydrogens is 418 g/mol. The van der Waals surface area contributed by atoms with E-state index in [4.69, 9.17) is 14.6 Å². The molecule has 1 N–H and O–H groups in total. The van der Waals surface area contributed by atoms with E-state index in [-0.39, 0.29) is 22.6 Å². The number of benzene rings is 1. The third kappa shape index (κ3) is 5.07. The number of amides is 1. The van der Waals surface area contributed by atoms with Crippen LogP contribution >= 0.6 is 11.3 Å². The molecule has 0 radical (unpaired) electrons. The molecule has 1 fully saturated rings. The largest absolute Gasteiger partial charge is 0.480 e. The lowest BCUT2D eigenvalue weighted by atomic mass is 9.93. The highest BCUT2D eigenvalue weighted by Crippen LogP contribution is 2.43. The minimum Gasteiger partial charge on any atom is -0.480 e. The van der Waals surface area contributed by atoms with Crippen molar-refractivity contribution in [3.63, 3.8) is 0 Å². The Bertz CT molecular complexity index is 976. The Morgan fingerprint density at radius 3 is 2.52 bits per heavy atom. The van der Waals surface area contributed by atoms with Crippen LogP contribution in [0.15, 0.2) is 24.3 Å². The van der Waals surface area contributed by atoms with Crippen LogP contribution in [0.25, 0.3) is 10.4 Å². The molecule has 1 aromatic carbocycles. The van der Waals surface area contributed by atoms with E-state index >= 15 is 0 Å². The maximum Gasteiger partial charge on any atom is 0.351 e. The molecule has 1 aliphatic rings. The fraction of sp³-hybridized carbons (Fsp3) is 0.435. The molecule has 1 amide bonds. The molecule has 0 atom stereocenters. The van der Waals surface area contributed by atoms with Gasteiger partial charge in [0.15, 0.2) is 11.5 Å². The molecule has 3 rings (SSSR count). The first-order valence-corrected chi connectivity index (χ1v) is 11.1. The molecule has 2 aromatic rings. The van der Waals surface area contributed by atoms with E-state index < -0.39 is 18.5 Å². The van der Waals surface area contributed by atoms with Crippen LogP contribution in [-0.2, 0) is 14.3 Å². The lowest BCUT2D eigenvalue weighted by molar-refractivity contribution is -0.139. The van der Waals surface area contributed by atoms with E-state index in [9.17, 15) is 14.4 Å². The Balaban J connectivity index is 2.02. The number of hydrogen-bond donors (Lipinski definition) is 1. The van der Waals surface area contributed by atoms with Gasteiger partial charge in [0.2, 0.25) is 5.91 Å². The maximum atomic E-state index is 12.5. The Kier molecular flexibility index (Phi) is 7.33. The van der Waals surface area contributed by atoms with Crippen LogP contribution < -0.4 is 9.64 Å². The van der Waals surface area contributed by atoms with E-state index in [0.717, 1.165) is 41.8 Å². The summed E-state index contributed by atoms with van der Waals surface area (Å²) in [5.74, 6) is -1.49. The molecule has 0 aliphatic heterocycles. The number of nitrogens with zero attached hydrogens (tertiary/aromatic N) is 1. The summed E-state index contributed by atoms with van der Waals surface area (Å²) in [6.07, 6.45) is 5.41. The highest BCUT2D eigenvalue weighted by molar-refractivity contribution is 7.18. The number of methoxy groups -OCH3 is 1. The van der Waals surface area contributed by atoms with Crippen molar-refractivity contribution < 1.29 is 29.0 Å². The van der Waals surface area contributed by atoms with Crippen molar-refractivity contribution in [1.82, 2.24) is 0 Å². The van der Waals surface area contributed by atoms with Gasteiger partial charge in [-0.1, -0.05) is 31.4 Å². The van der Waals surface area contributed by atoms with Crippen molar-refractivity contribution in [2.24, 2.45) is 0 Å². The summed E-state index contributed by atoms with van der Waals surface area (Å²) in [6.45, 7) is 2.82. The second-order valence-corrected chi connectivity index (χ2v) is 8.64. The predicted octanol–water partition coefficient (Wildman–Crippen LogP) is 4.66. The summed E-state index contributed by atoms with van der Waals surface area (Å²) in [5, 5.41) is 8.97. The van der Waals surface area contributed by atoms with Crippen molar-refractivity contribution >= 4 is 34.9 Å². The zero-order valence-corrected chi connectivity index (χ0v) is 18.8. The van der Waals surface area contributed by atoms with E-state index in [1.807, 2.05) is 29.2 Å². The summed E-state index contributed by atoms with van der Waals surface area (Å²) < 4.78 is 10.3. The van der Waals surface area contributed by atoms with Gasteiger partial charge in [-0.25, -0.2) is 9.59 Å². The molecule has 8 heteroatoms. The second-order valence-electron chi connectivity index (χ2n) is 7.62. The van der Waals surface area contributed by atoms with Crippen LogP contribution in [0.4, 0.5) is 5.69 Å². The molecule has 0 bridgehead atoms. The zero-order chi connectivity index (χ0) is 22.5. The monoisotopic (exact) mass is 445 g/mol. The Morgan fingerprint density at radius 2 is 1.90 bits per heavy atom. The van der Waals surface area contributed by atoms with Crippen LogP contribution in [0.2, 0.25) is 0 Å². The molecule has 1 heterocycles. The van der Waals surface area contributed by atoms with Gasteiger partial charge >= 0.3 is 11.9 Å². The molecule has 1 aromatic heterocycles. The van der Waals surface area contributed by atoms with E-state index in [1.165, 1.54) is 24.9 Å². The maximum absolute atomic E-state index is 12.5. The normalized spacial score (nSPS) is 14.2. The molecule has 0 saturated heterocycles. The molecule has 1 saturated carbocycles. The standard InChI is InChI=1S/C23H27NO6S/c1-14-20(30-13-19(26)27)22(23(28)29-3)31-21(14)16-8-7-11-18(12-16)24(15(2)25)17-9-5-4-6-10-17/h7-8,11-12,17H,4-6,9-10,13H2,1-3H3,(H,26,27). The van der Waals surface area contributed by atoms with E-state index in [0.29, 0.717) is 5.56 Å². The number of esters is 1. The SMILES string of the molecule is COC(=O)c1sc(-c2cccc(N(C(C)=O)C3CCCCC3)c2)c(C)c1OCC(=O)O. The van der Waals surface area contributed by atoms with Gasteiger partial charge in [-0.3, -0.25) is 4.79 Å². The molecule has 1 aliphatic carbocycles. The van der Waals surface area contributed by atoms with Gasteiger partial charge in [-0.2, -0.15) is 0 Å². The lowest BCUT2D eigenvalue weighted by Crippen LogP contribution is -2.40. The number of rotatable bonds is 7. The first kappa shape index (κ1) is 22.8. The predicted molar refractivity (Wildman–Crippen MR) is 119 cm³/mol. The van der Waals surface area contributed by atoms with Gasteiger partial charge in [0.05, 0.1) is 7.11 Å². The summed E-state index contributed by atoms with van der Waals surface area (Å²) in [7, 11) is 1.27. The number of aliphatic carboxylic acids is 1. The second kappa shape index (κ2) is 9.96. The highest BCUT2D eigenvalue weighted by Gasteiger charge is 2.27. The number of carbonyl (C=O) groups excluding carboxylic acids is 2. The smallest absolute Gasteiger partial charge is 0.351 e. The summed E-state index contributed by atoms with van der Waals surface area (Å²) >= 11 is 1.19. The lowest BCUT2D eigenvalue weighted by Gasteiger charge is -2.34. The zero-order valence-electron chi connectivity index (χ0n) is 18.0. The molecule has 166 valence electrons. The quantitative estimate of drug-likeness (QED) is 0.623. The van der Waals surface area contributed by atoms with Crippen molar-refractivity contribution in [2.75, 3.05) is 18.6 Å². The van der Waals surface area contributed by atoms with Crippen molar-refractivity contribution in [3.8, 4) is 16.2 Å². The van der Waals surface area contributed by atoms with Crippen LogP contribution in [-0.4, -0.2) is 42.7 Å². The number of carbonyl (C=O) groups is 3. The molecule has 7 nitrogen and oxygen atoms in total. The van der Waals surface area contributed by atoms with E-state index in [1.54, 1.807) is 13.8 Å². The van der Waals surface area contributed by atoms with E-state index in [2.05, 4.69) is 0 Å². The topological polar surface area (TPSA) is 93.1 Å². The fourth-order valence-electron chi connectivity index (χ4n) is 4.09. The Hall–Kier alpha value is -2.87. The summed E-state index contributed by atoms with van der Waals surface area (Å²) in [6, 6.07) is 7.84. The van der Waals surface area contributed by atoms with Crippen LogP contribution in [0, 0.1) is 6.92 Å². The number of hydrogen-bond acceptors (Lipinski definition) is 6. The highest BCUT2D eigenvalue weighted by atomic mass is 32.1. The molecule has 0 unspecified atom stereocenters. The number of carboxylic acids is 1. The minimum absolute atomic E-state index is 0.00711. The molecule has 31 heavy (non-hydrogen) atoms. The van der Waals surface area contributed by atoms with Gasteiger partial charge in [0.25, 0.3) is 0 Å². The number of ether oxygens (including phenoxy) is 2.